The van der Waals surface area contributed by atoms with Crippen LogP contribution in [-0.2, 0) is 15.0 Å². The molecule has 0 aliphatic heterocycles. The van der Waals surface area contributed by atoms with Crippen LogP contribution in [0.1, 0.15) is 38.2 Å². The van der Waals surface area contributed by atoms with Gasteiger partial charge in [-0.05, 0) is 37.0 Å². The van der Waals surface area contributed by atoms with Crippen LogP contribution in [0.2, 0.25) is 0 Å². The molecule has 5 heteroatoms. The van der Waals surface area contributed by atoms with Gasteiger partial charge in [-0.25, -0.2) is 0 Å². The molecule has 0 radical (unpaired) electrons. The highest BCUT2D eigenvalue weighted by Gasteiger charge is 2.51. The molecule has 1 atom stereocenters. The first-order valence-electron chi connectivity index (χ1n) is 6.90. The summed E-state index contributed by atoms with van der Waals surface area (Å²) in [6, 6.07) is 6.49. The van der Waals surface area contributed by atoms with E-state index in [1.165, 1.54) is 0 Å². The molecule has 1 fully saturated rings. The second-order valence-corrected chi connectivity index (χ2v) is 5.35. The lowest BCUT2D eigenvalue weighted by Gasteiger charge is -2.13. The molecular formula is C15H20N2O3. The van der Waals surface area contributed by atoms with Crippen molar-refractivity contribution in [2.45, 2.75) is 44.1 Å². The Morgan fingerprint density at radius 2 is 1.95 bits per heavy atom. The largest absolute Gasteiger partial charge is 0.481 e. The number of nitrogens with one attached hydrogen (secondary N) is 1. The summed E-state index contributed by atoms with van der Waals surface area (Å²) in [5, 5.41) is 12.0. The maximum absolute atomic E-state index is 11.8. The minimum absolute atomic E-state index is 0.209. The number of carboxylic acid groups (broad SMARTS) is 1. The Labute approximate surface area is 118 Å². The fourth-order valence-corrected chi connectivity index (χ4v) is 2.30. The molecule has 0 spiro atoms. The molecule has 4 N–H and O–H groups in total. The zero-order chi connectivity index (χ0) is 14.8. The van der Waals surface area contributed by atoms with Gasteiger partial charge in [0.25, 0.3) is 0 Å². The number of hydrogen-bond donors (Lipinski definition) is 3. The molecule has 2 rings (SSSR count). The molecule has 0 unspecified atom stereocenters. The van der Waals surface area contributed by atoms with Gasteiger partial charge in [0.2, 0.25) is 5.91 Å². The summed E-state index contributed by atoms with van der Waals surface area (Å²) < 4.78 is 0. The van der Waals surface area contributed by atoms with Gasteiger partial charge in [0.05, 0.1) is 11.5 Å². The van der Waals surface area contributed by atoms with Crippen LogP contribution in [0.5, 0.6) is 0 Å². The van der Waals surface area contributed by atoms with Gasteiger partial charge in [-0.15, -0.1) is 0 Å². The monoisotopic (exact) mass is 276 g/mol. The van der Waals surface area contributed by atoms with E-state index in [1.807, 2.05) is 6.92 Å². The number of aliphatic carboxylic acids is 1. The second-order valence-electron chi connectivity index (χ2n) is 5.35. The van der Waals surface area contributed by atoms with E-state index in [1.54, 1.807) is 24.3 Å². The third-order valence-corrected chi connectivity index (χ3v) is 3.80. The van der Waals surface area contributed by atoms with Crippen LogP contribution in [-0.4, -0.2) is 23.0 Å². The van der Waals surface area contributed by atoms with Crippen molar-refractivity contribution in [2.24, 2.45) is 5.73 Å². The first-order valence-corrected chi connectivity index (χ1v) is 6.90. The van der Waals surface area contributed by atoms with Crippen LogP contribution < -0.4 is 11.1 Å². The van der Waals surface area contributed by atoms with Crippen molar-refractivity contribution in [2.75, 3.05) is 5.32 Å². The maximum atomic E-state index is 11.8. The molecule has 1 aliphatic rings. The van der Waals surface area contributed by atoms with E-state index < -0.39 is 17.4 Å². The molecule has 20 heavy (non-hydrogen) atoms. The topological polar surface area (TPSA) is 92.4 Å². The molecule has 1 aromatic carbocycles. The van der Waals surface area contributed by atoms with E-state index in [9.17, 15) is 14.7 Å². The lowest BCUT2D eigenvalue weighted by molar-refractivity contribution is -0.140. The Hall–Kier alpha value is -1.88. The standard InChI is InChI=1S/C15H20N2O3/c1-2-3-12(16)13(18)17-11-6-4-10(5-7-11)15(8-9-15)14(19)20/h4-7,12H,2-3,8-9,16H2,1H3,(H,17,18)(H,19,20)/t12-/m0/s1. The number of nitrogens with two attached hydrogens (primary N) is 1. The van der Waals surface area contributed by atoms with Crippen LogP contribution in [0.3, 0.4) is 0 Å². The first-order chi connectivity index (χ1) is 9.49. The zero-order valence-corrected chi connectivity index (χ0v) is 11.6. The predicted octanol–water partition coefficient (Wildman–Crippen LogP) is 1.87. The number of carboxylic acids is 1. The van der Waals surface area contributed by atoms with Crippen LogP contribution in [0.25, 0.3) is 0 Å². The summed E-state index contributed by atoms with van der Waals surface area (Å²) in [6.45, 7) is 1.98. The quantitative estimate of drug-likeness (QED) is 0.739. The zero-order valence-electron chi connectivity index (χ0n) is 11.6. The average Bonchev–Trinajstić information content (AvgIpc) is 3.21. The first kappa shape index (κ1) is 14.5. The summed E-state index contributed by atoms with van der Waals surface area (Å²) in [6.07, 6.45) is 2.85. The third kappa shape index (κ3) is 2.82. The van der Waals surface area contributed by atoms with E-state index in [4.69, 9.17) is 5.73 Å². The van der Waals surface area contributed by atoms with E-state index in [-0.39, 0.29) is 5.91 Å². The summed E-state index contributed by atoms with van der Waals surface area (Å²) in [7, 11) is 0. The predicted molar refractivity (Wildman–Crippen MR) is 76.5 cm³/mol. The number of amides is 1. The number of carbonyl (C=O) groups is 2. The van der Waals surface area contributed by atoms with Gasteiger partial charge in [-0.1, -0.05) is 25.5 Å². The molecule has 0 saturated heterocycles. The molecular weight excluding hydrogens is 256 g/mol. The molecule has 1 aromatic rings. The van der Waals surface area contributed by atoms with Crippen molar-refractivity contribution >= 4 is 17.6 Å². The maximum Gasteiger partial charge on any atom is 0.314 e. The fraction of sp³-hybridized carbons (Fsp3) is 0.467. The highest BCUT2D eigenvalue weighted by atomic mass is 16.4. The molecule has 1 saturated carbocycles. The van der Waals surface area contributed by atoms with Crippen LogP contribution >= 0.6 is 0 Å². The number of carbonyl (C=O) groups excluding carboxylic acids is 1. The second kappa shape index (κ2) is 5.63. The number of rotatable bonds is 6. The van der Waals surface area contributed by atoms with Crippen molar-refractivity contribution in [3.8, 4) is 0 Å². The Morgan fingerprint density at radius 3 is 2.40 bits per heavy atom. The van der Waals surface area contributed by atoms with Gasteiger partial charge in [0.15, 0.2) is 0 Å². The van der Waals surface area contributed by atoms with Gasteiger partial charge in [0.1, 0.15) is 0 Å². The number of benzene rings is 1. The van der Waals surface area contributed by atoms with Crippen molar-refractivity contribution in [1.82, 2.24) is 0 Å². The van der Waals surface area contributed by atoms with Gasteiger partial charge in [0, 0.05) is 5.69 Å². The average molecular weight is 276 g/mol. The third-order valence-electron chi connectivity index (χ3n) is 3.80. The van der Waals surface area contributed by atoms with Crippen molar-refractivity contribution in [1.29, 1.82) is 0 Å². The Kier molecular flexibility index (Phi) is 4.09. The SMILES string of the molecule is CCC[C@H](N)C(=O)Nc1ccc(C2(C(=O)O)CC2)cc1. The van der Waals surface area contributed by atoms with Crippen LogP contribution in [0, 0.1) is 0 Å². The number of anilines is 1. The van der Waals surface area contributed by atoms with Crippen molar-refractivity contribution in [3.05, 3.63) is 29.8 Å². The van der Waals surface area contributed by atoms with E-state index in [0.717, 1.165) is 12.0 Å². The van der Waals surface area contributed by atoms with Crippen molar-refractivity contribution < 1.29 is 14.7 Å². The Bertz CT molecular complexity index is 506. The molecule has 5 nitrogen and oxygen atoms in total. The summed E-state index contributed by atoms with van der Waals surface area (Å²) >= 11 is 0. The lowest BCUT2D eigenvalue weighted by Crippen LogP contribution is -2.35. The van der Waals surface area contributed by atoms with Gasteiger partial charge < -0.3 is 16.2 Å². The Morgan fingerprint density at radius 1 is 1.35 bits per heavy atom. The van der Waals surface area contributed by atoms with Crippen molar-refractivity contribution in [3.63, 3.8) is 0 Å². The number of hydrogen-bond acceptors (Lipinski definition) is 3. The fourth-order valence-electron chi connectivity index (χ4n) is 2.30. The minimum atomic E-state index is -0.778. The molecule has 1 aliphatic carbocycles. The molecule has 0 bridgehead atoms. The summed E-state index contributed by atoms with van der Waals surface area (Å²) in [4.78, 5) is 23.0. The van der Waals surface area contributed by atoms with E-state index >= 15 is 0 Å². The van der Waals surface area contributed by atoms with Gasteiger partial charge >= 0.3 is 5.97 Å². The van der Waals surface area contributed by atoms with Crippen LogP contribution in [0.4, 0.5) is 5.69 Å². The van der Waals surface area contributed by atoms with E-state index in [0.29, 0.717) is 24.9 Å². The summed E-state index contributed by atoms with van der Waals surface area (Å²) in [5.74, 6) is -0.988. The van der Waals surface area contributed by atoms with Gasteiger partial charge in [-0.3, -0.25) is 9.59 Å². The van der Waals surface area contributed by atoms with Crippen LogP contribution in [0.15, 0.2) is 24.3 Å². The lowest BCUT2D eigenvalue weighted by atomic mass is 9.96. The highest BCUT2D eigenvalue weighted by Crippen LogP contribution is 2.48. The van der Waals surface area contributed by atoms with E-state index in [2.05, 4.69) is 5.32 Å². The molecule has 108 valence electrons. The summed E-state index contributed by atoms with van der Waals surface area (Å²) in [5.41, 5.74) is 6.46. The highest BCUT2D eigenvalue weighted by molar-refractivity contribution is 5.94. The smallest absolute Gasteiger partial charge is 0.314 e. The molecule has 1 amide bonds. The van der Waals surface area contributed by atoms with Gasteiger partial charge in [-0.2, -0.15) is 0 Å². The Balaban J connectivity index is 2.02. The normalized spacial score (nSPS) is 17.3. The minimum Gasteiger partial charge on any atom is -0.481 e. The molecule has 0 heterocycles. The molecule has 0 aromatic heterocycles.